The maximum absolute atomic E-state index is 6.18. The molecular formula is C21H20BrCl. The summed E-state index contributed by atoms with van der Waals surface area (Å²) < 4.78 is 1.02. The second-order valence-electron chi connectivity index (χ2n) is 7.05. The maximum atomic E-state index is 6.18. The predicted octanol–water partition coefficient (Wildman–Crippen LogP) is 7.23. The van der Waals surface area contributed by atoms with Gasteiger partial charge >= 0.3 is 0 Å². The number of halogens is 2. The van der Waals surface area contributed by atoms with E-state index in [2.05, 4.69) is 59.3 Å². The first-order chi connectivity index (χ1) is 11.1. The van der Waals surface area contributed by atoms with Crippen LogP contribution in [0.3, 0.4) is 0 Å². The van der Waals surface area contributed by atoms with Gasteiger partial charge in [0, 0.05) is 9.50 Å². The summed E-state index contributed by atoms with van der Waals surface area (Å²) in [5.74, 6) is 2.28. The van der Waals surface area contributed by atoms with E-state index in [0.29, 0.717) is 5.92 Å². The summed E-state index contributed by atoms with van der Waals surface area (Å²) in [7, 11) is 0. The van der Waals surface area contributed by atoms with Gasteiger partial charge in [0.05, 0.1) is 0 Å². The summed E-state index contributed by atoms with van der Waals surface area (Å²) in [5.41, 5.74) is 5.59. The Kier molecular flexibility index (Phi) is 4.11. The quantitative estimate of drug-likeness (QED) is 0.477. The molecule has 2 aliphatic rings. The largest absolute Gasteiger partial charge is 0.0850 e. The Balaban J connectivity index is 1.63. The molecule has 0 aliphatic heterocycles. The summed E-state index contributed by atoms with van der Waals surface area (Å²) in [5, 5.41) is 0.768. The van der Waals surface area contributed by atoms with Crippen LogP contribution in [0.15, 0.2) is 58.6 Å². The molecule has 3 atom stereocenters. The highest BCUT2D eigenvalue weighted by Crippen LogP contribution is 2.49. The Labute approximate surface area is 151 Å². The van der Waals surface area contributed by atoms with Gasteiger partial charge in [0.2, 0.25) is 0 Å². The van der Waals surface area contributed by atoms with Crippen molar-refractivity contribution >= 4 is 27.5 Å². The van der Waals surface area contributed by atoms with Crippen molar-refractivity contribution in [3.05, 3.63) is 69.2 Å². The number of allylic oxidation sites excluding steroid dienone is 2. The summed E-state index contributed by atoms with van der Waals surface area (Å²) in [4.78, 5) is 0. The highest BCUT2D eigenvalue weighted by molar-refractivity contribution is 9.10. The standard InChI is InChI=1S/C21H20BrCl/c1-13-8-14-2-3-17(9-14)21(13)16-6-4-15(5-7-16)18-10-19(22)12-20(23)11-18/h2,4-7,10-13,17,21H,3,8-9H2,1H3. The molecule has 2 heteroatoms. The summed E-state index contributed by atoms with van der Waals surface area (Å²) in [6, 6.07) is 15.2. The van der Waals surface area contributed by atoms with Crippen LogP contribution in [0.25, 0.3) is 11.1 Å². The minimum Gasteiger partial charge on any atom is -0.0850 e. The van der Waals surface area contributed by atoms with Crippen LogP contribution in [-0.4, -0.2) is 0 Å². The van der Waals surface area contributed by atoms with Gasteiger partial charge in [0.15, 0.2) is 0 Å². The van der Waals surface area contributed by atoms with Crippen LogP contribution in [-0.2, 0) is 0 Å². The zero-order valence-corrected chi connectivity index (χ0v) is 15.6. The topological polar surface area (TPSA) is 0 Å². The van der Waals surface area contributed by atoms with E-state index in [1.54, 1.807) is 5.57 Å². The third-order valence-electron chi connectivity index (χ3n) is 5.43. The van der Waals surface area contributed by atoms with Crippen molar-refractivity contribution in [2.75, 3.05) is 0 Å². The van der Waals surface area contributed by atoms with Crippen molar-refractivity contribution in [1.29, 1.82) is 0 Å². The minimum absolute atomic E-state index is 0.706. The predicted molar refractivity (Wildman–Crippen MR) is 102 cm³/mol. The fourth-order valence-corrected chi connectivity index (χ4v) is 5.35. The molecule has 1 fully saturated rings. The second kappa shape index (κ2) is 6.11. The third-order valence-corrected chi connectivity index (χ3v) is 6.11. The molecule has 0 heterocycles. The molecule has 0 N–H and O–H groups in total. The third kappa shape index (κ3) is 3.02. The zero-order valence-electron chi connectivity index (χ0n) is 13.2. The van der Waals surface area contributed by atoms with E-state index in [1.807, 2.05) is 12.1 Å². The fraction of sp³-hybridized carbons (Fsp3) is 0.333. The molecule has 2 aliphatic carbocycles. The number of rotatable bonds is 2. The number of benzene rings is 2. The van der Waals surface area contributed by atoms with Gasteiger partial charge in [-0.05, 0) is 71.9 Å². The van der Waals surface area contributed by atoms with Crippen molar-refractivity contribution in [2.24, 2.45) is 11.8 Å². The normalized spacial score (nSPS) is 26.2. The molecule has 0 saturated heterocycles. The lowest BCUT2D eigenvalue weighted by atomic mass is 9.70. The summed E-state index contributed by atoms with van der Waals surface area (Å²) >= 11 is 9.71. The Morgan fingerprint density at radius 3 is 2.52 bits per heavy atom. The van der Waals surface area contributed by atoms with Crippen LogP contribution >= 0.6 is 27.5 Å². The van der Waals surface area contributed by atoms with Gasteiger partial charge in [0.1, 0.15) is 0 Å². The van der Waals surface area contributed by atoms with E-state index in [9.17, 15) is 0 Å². The lowest BCUT2D eigenvalue weighted by Crippen LogP contribution is -2.22. The van der Waals surface area contributed by atoms with Crippen molar-refractivity contribution < 1.29 is 0 Å². The molecule has 0 aromatic heterocycles. The van der Waals surface area contributed by atoms with Crippen LogP contribution in [0.4, 0.5) is 0 Å². The first-order valence-corrected chi connectivity index (χ1v) is 9.51. The Bertz CT molecular complexity index is 740. The van der Waals surface area contributed by atoms with Gasteiger partial charge in [-0.15, -0.1) is 0 Å². The van der Waals surface area contributed by atoms with E-state index in [4.69, 9.17) is 11.6 Å². The molecule has 2 aromatic carbocycles. The lowest BCUT2D eigenvalue weighted by molar-refractivity contribution is 0.300. The molecule has 0 spiro atoms. The van der Waals surface area contributed by atoms with E-state index >= 15 is 0 Å². The molecular weight excluding hydrogens is 368 g/mol. The van der Waals surface area contributed by atoms with Gasteiger partial charge in [0.25, 0.3) is 0 Å². The molecule has 2 aromatic rings. The van der Waals surface area contributed by atoms with Crippen LogP contribution in [0.5, 0.6) is 0 Å². The van der Waals surface area contributed by atoms with Gasteiger partial charge in [-0.25, -0.2) is 0 Å². The number of hydrogen-bond donors (Lipinski definition) is 0. The maximum Gasteiger partial charge on any atom is 0.0423 e. The Morgan fingerprint density at radius 2 is 1.78 bits per heavy atom. The Hall–Kier alpha value is -1.05. The van der Waals surface area contributed by atoms with Crippen LogP contribution < -0.4 is 0 Å². The SMILES string of the molecule is CC1CC2=CCC(C2)C1c1ccc(-c2cc(Cl)cc(Br)c2)cc1. The van der Waals surface area contributed by atoms with Gasteiger partial charge in [-0.1, -0.05) is 70.4 Å². The zero-order chi connectivity index (χ0) is 16.0. The van der Waals surface area contributed by atoms with E-state index in [-0.39, 0.29) is 0 Å². The number of hydrogen-bond acceptors (Lipinski definition) is 0. The highest BCUT2D eigenvalue weighted by Gasteiger charge is 2.36. The van der Waals surface area contributed by atoms with Crippen molar-refractivity contribution in [1.82, 2.24) is 0 Å². The minimum atomic E-state index is 0.706. The molecule has 118 valence electrons. The van der Waals surface area contributed by atoms with Crippen molar-refractivity contribution in [2.45, 2.75) is 32.1 Å². The first-order valence-electron chi connectivity index (χ1n) is 8.34. The molecule has 0 nitrogen and oxygen atoms in total. The van der Waals surface area contributed by atoms with E-state index in [0.717, 1.165) is 26.9 Å². The first kappa shape index (κ1) is 15.5. The lowest BCUT2D eigenvalue weighted by Gasteiger charge is -2.34. The molecule has 0 radical (unpaired) electrons. The van der Waals surface area contributed by atoms with Gasteiger partial charge in [-0.2, -0.15) is 0 Å². The van der Waals surface area contributed by atoms with Crippen LogP contribution in [0.2, 0.25) is 5.02 Å². The van der Waals surface area contributed by atoms with Crippen molar-refractivity contribution in [3.8, 4) is 11.1 Å². The molecule has 0 amide bonds. The fourth-order valence-electron chi connectivity index (χ4n) is 4.49. The van der Waals surface area contributed by atoms with Crippen LogP contribution in [0, 0.1) is 11.8 Å². The molecule has 4 rings (SSSR count). The van der Waals surface area contributed by atoms with Crippen LogP contribution in [0.1, 0.15) is 37.7 Å². The molecule has 1 saturated carbocycles. The van der Waals surface area contributed by atoms with E-state index in [1.165, 1.54) is 30.4 Å². The number of fused-ring (bicyclic) bond motifs is 2. The molecule has 3 unspecified atom stereocenters. The molecule has 2 bridgehead atoms. The molecule has 23 heavy (non-hydrogen) atoms. The smallest absolute Gasteiger partial charge is 0.0423 e. The average molecular weight is 388 g/mol. The average Bonchev–Trinajstić information content (AvgIpc) is 2.89. The summed E-state index contributed by atoms with van der Waals surface area (Å²) in [6.07, 6.45) is 6.36. The monoisotopic (exact) mass is 386 g/mol. The summed E-state index contributed by atoms with van der Waals surface area (Å²) in [6.45, 7) is 2.41. The highest BCUT2D eigenvalue weighted by atomic mass is 79.9. The van der Waals surface area contributed by atoms with E-state index < -0.39 is 0 Å². The van der Waals surface area contributed by atoms with Gasteiger partial charge in [-0.3, -0.25) is 0 Å². The Morgan fingerprint density at radius 1 is 1.00 bits per heavy atom. The van der Waals surface area contributed by atoms with Gasteiger partial charge < -0.3 is 0 Å². The van der Waals surface area contributed by atoms with Crippen molar-refractivity contribution in [3.63, 3.8) is 0 Å². The second-order valence-corrected chi connectivity index (χ2v) is 8.40.